The van der Waals surface area contributed by atoms with Crippen molar-refractivity contribution in [1.29, 1.82) is 0 Å². The van der Waals surface area contributed by atoms with Gasteiger partial charge in [0.2, 0.25) is 0 Å². The molecule has 0 bridgehead atoms. The number of pyridine rings is 1. The number of aromatic amines is 1. The topological polar surface area (TPSA) is 86.9 Å². The van der Waals surface area contributed by atoms with Crippen LogP contribution < -0.4 is 10.6 Å². The number of anilines is 1. The molecular formula is C22H20N4O2. The quantitative estimate of drug-likeness (QED) is 0.480. The average Bonchev–Trinajstić information content (AvgIpc) is 3.12. The smallest absolute Gasteiger partial charge is 0.313 e. The van der Waals surface area contributed by atoms with Crippen molar-refractivity contribution < 1.29 is 9.59 Å². The van der Waals surface area contributed by atoms with Gasteiger partial charge in [-0.25, -0.2) is 0 Å². The molecule has 28 heavy (non-hydrogen) atoms. The molecule has 140 valence electrons. The Balaban J connectivity index is 1.35. The van der Waals surface area contributed by atoms with Gasteiger partial charge in [0.25, 0.3) is 0 Å². The second kappa shape index (κ2) is 7.52. The van der Waals surface area contributed by atoms with Crippen molar-refractivity contribution in [2.24, 2.45) is 0 Å². The molecule has 6 nitrogen and oxygen atoms in total. The van der Waals surface area contributed by atoms with Gasteiger partial charge in [-0.2, -0.15) is 0 Å². The van der Waals surface area contributed by atoms with Crippen LogP contribution in [0.2, 0.25) is 0 Å². The summed E-state index contributed by atoms with van der Waals surface area (Å²) in [5.41, 5.74) is 4.77. The van der Waals surface area contributed by atoms with Crippen LogP contribution in [-0.2, 0) is 16.0 Å². The van der Waals surface area contributed by atoms with Gasteiger partial charge in [0.05, 0.1) is 5.52 Å². The molecule has 4 aromatic rings. The highest BCUT2D eigenvalue weighted by Gasteiger charge is 2.14. The fourth-order valence-corrected chi connectivity index (χ4v) is 3.38. The maximum absolute atomic E-state index is 12.2. The van der Waals surface area contributed by atoms with Crippen molar-refractivity contribution in [2.75, 3.05) is 11.9 Å². The van der Waals surface area contributed by atoms with Crippen LogP contribution in [0.25, 0.3) is 21.8 Å². The second-order valence-corrected chi connectivity index (χ2v) is 6.68. The molecule has 0 aliphatic rings. The molecule has 0 aliphatic heterocycles. The van der Waals surface area contributed by atoms with E-state index in [0.717, 1.165) is 22.0 Å². The van der Waals surface area contributed by atoms with Crippen LogP contribution in [0.15, 0.2) is 60.9 Å². The van der Waals surface area contributed by atoms with Crippen molar-refractivity contribution in [3.05, 3.63) is 72.1 Å². The number of carbonyl (C=O) groups excluding carboxylic acids is 2. The number of benzene rings is 2. The largest absolute Gasteiger partial charge is 0.361 e. The molecule has 0 saturated heterocycles. The third-order valence-corrected chi connectivity index (χ3v) is 4.74. The van der Waals surface area contributed by atoms with Gasteiger partial charge in [0, 0.05) is 40.9 Å². The maximum atomic E-state index is 12.2. The number of hydrogen-bond donors (Lipinski definition) is 3. The molecule has 2 amide bonds. The Labute approximate surface area is 162 Å². The third-order valence-electron chi connectivity index (χ3n) is 4.74. The fraction of sp³-hybridized carbons (Fsp3) is 0.136. The van der Waals surface area contributed by atoms with Gasteiger partial charge < -0.3 is 15.6 Å². The first kappa shape index (κ1) is 17.7. The minimum atomic E-state index is -0.682. The molecule has 0 fully saturated rings. The second-order valence-electron chi connectivity index (χ2n) is 6.68. The van der Waals surface area contributed by atoms with Gasteiger partial charge >= 0.3 is 11.8 Å². The van der Waals surface area contributed by atoms with Gasteiger partial charge in [-0.3, -0.25) is 14.6 Å². The molecule has 6 heteroatoms. The van der Waals surface area contributed by atoms with Crippen molar-refractivity contribution >= 4 is 39.3 Å². The number of amides is 2. The number of aryl methyl sites for hydroxylation is 1. The standard InChI is InChI=1S/C22H20N4O2/c1-14-4-2-6-19-20(14)16(13-25-19)9-11-24-21(27)22(28)26-17-7-8-18-15(12-17)5-3-10-23-18/h2-8,10,12-13,25H,9,11H2,1H3,(H,24,27)(H,26,28). The van der Waals surface area contributed by atoms with Crippen LogP contribution in [0.5, 0.6) is 0 Å². The summed E-state index contributed by atoms with van der Waals surface area (Å²) in [5.74, 6) is -1.33. The van der Waals surface area contributed by atoms with E-state index in [2.05, 4.69) is 33.6 Å². The van der Waals surface area contributed by atoms with Crippen molar-refractivity contribution in [1.82, 2.24) is 15.3 Å². The third kappa shape index (κ3) is 3.57. The van der Waals surface area contributed by atoms with Gasteiger partial charge in [-0.1, -0.05) is 18.2 Å². The van der Waals surface area contributed by atoms with Gasteiger partial charge in [0.15, 0.2) is 0 Å². The molecule has 2 aromatic heterocycles. The highest BCUT2D eigenvalue weighted by molar-refractivity contribution is 6.39. The van der Waals surface area contributed by atoms with E-state index < -0.39 is 11.8 Å². The lowest BCUT2D eigenvalue weighted by Crippen LogP contribution is -2.36. The normalized spacial score (nSPS) is 10.9. The van der Waals surface area contributed by atoms with E-state index in [9.17, 15) is 9.59 Å². The highest BCUT2D eigenvalue weighted by Crippen LogP contribution is 2.22. The summed E-state index contributed by atoms with van der Waals surface area (Å²) in [6.45, 7) is 2.44. The number of hydrogen-bond acceptors (Lipinski definition) is 3. The molecule has 2 heterocycles. The molecule has 0 atom stereocenters. The Hall–Kier alpha value is -3.67. The summed E-state index contributed by atoms with van der Waals surface area (Å²) < 4.78 is 0. The van der Waals surface area contributed by atoms with Gasteiger partial charge in [0.1, 0.15) is 0 Å². The Morgan fingerprint density at radius 3 is 2.86 bits per heavy atom. The summed E-state index contributed by atoms with van der Waals surface area (Å²) in [6, 6.07) is 15.2. The molecule has 0 saturated carbocycles. The zero-order valence-corrected chi connectivity index (χ0v) is 15.5. The predicted octanol–water partition coefficient (Wildman–Crippen LogP) is 3.32. The number of fused-ring (bicyclic) bond motifs is 2. The lowest BCUT2D eigenvalue weighted by molar-refractivity contribution is -0.136. The SMILES string of the molecule is Cc1cccc2[nH]cc(CCNC(=O)C(=O)Nc3ccc4ncccc4c3)c12. The number of nitrogens with one attached hydrogen (secondary N) is 3. The van der Waals surface area contributed by atoms with E-state index in [4.69, 9.17) is 0 Å². The molecule has 3 N–H and O–H groups in total. The van der Waals surface area contributed by atoms with Crippen LogP contribution in [-0.4, -0.2) is 28.3 Å². The van der Waals surface area contributed by atoms with E-state index in [-0.39, 0.29) is 0 Å². The molecule has 0 unspecified atom stereocenters. The number of aromatic nitrogens is 2. The first-order valence-corrected chi connectivity index (χ1v) is 9.11. The molecule has 0 aliphatic carbocycles. The van der Waals surface area contributed by atoms with Crippen molar-refractivity contribution in [2.45, 2.75) is 13.3 Å². The fourth-order valence-electron chi connectivity index (χ4n) is 3.38. The Morgan fingerprint density at radius 2 is 1.96 bits per heavy atom. The summed E-state index contributed by atoms with van der Waals surface area (Å²) in [4.78, 5) is 31.8. The molecule has 2 aromatic carbocycles. The van der Waals surface area contributed by atoms with Crippen LogP contribution in [0, 0.1) is 6.92 Å². The summed E-state index contributed by atoms with van der Waals surface area (Å²) in [6.07, 6.45) is 4.31. The Morgan fingerprint density at radius 1 is 1.07 bits per heavy atom. The molecule has 4 rings (SSSR count). The molecular weight excluding hydrogens is 352 g/mol. The molecule has 0 spiro atoms. The monoisotopic (exact) mass is 372 g/mol. The Bertz CT molecular complexity index is 1180. The maximum Gasteiger partial charge on any atom is 0.313 e. The van der Waals surface area contributed by atoms with E-state index in [1.54, 1.807) is 18.3 Å². The van der Waals surface area contributed by atoms with E-state index in [0.29, 0.717) is 18.7 Å². The number of H-pyrrole nitrogens is 1. The zero-order valence-electron chi connectivity index (χ0n) is 15.5. The lowest BCUT2D eigenvalue weighted by Gasteiger charge is -2.07. The van der Waals surface area contributed by atoms with Gasteiger partial charge in [-0.05, 0) is 54.8 Å². The van der Waals surface area contributed by atoms with E-state index in [1.165, 1.54) is 10.9 Å². The van der Waals surface area contributed by atoms with E-state index >= 15 is 0 Å². The minimum Gasteiger partial charge on any atom is -0.361 e. The summed E-state index contributed by atoms with van der Waals surface area (Å²) >= 11 is 0. The average molecular weight is 372 g/mol. The predicted molar refractivity (Wildman–Crippen MR) is 110 cm³/mol. The molecule has 0 radical (unpaired) electrons. The number of rotatable bonds is 4. The minimum absolute atomic E-state index is 0.384. The first-order chi connectivity index (χ1) is 13.6. The first-order valence-electron chi connectivity index (χ1n) is 9.11. The van der Waals surface area contributed by atoms with Gasteiger partial charge in [-0.15, -0.1) is 0 Å². The number of carbonyl (C=O) groups is 2. The zero-order chi connectivity index (χ0) is 19.5. The summed E-state index contributed by atoms with van der Waals surface area (Å²) in [7, 11) is 0. The van der Waals surface area contributed by atoms with Crippen LogP contribution >= 0.6 is 0 Å². The lowest BCUT2D eigenvalue weighted by atomic mass is 10.1. The van der Waals surface area contributed by atoms with E-state index in [1.807, 2.05) is 36.5 Å². The Kier molecular flexibility index (Phi) is 4.76. The number of nitrogens with zero attached hydrogens (tertiary/aromatic N) is 1. The van der Waals surface area contributed by atoms with Crippen molar-refractivity contribution in [3.8, 4) is 0 Å². The van der Waals surface area contributed by atoms with Crippen LogP contribution in [0.4, 0.5) is 5.69 Å². The highest BCUT2D eigenvalue weighted by atomic mass is 16.2. The van der Waals surface area contributed by atoms with Crippen molar-refractivity contribution in [3.63, 3.8) is 0 Å². The van der Waals surface area contributed by atoms with Crippen LogP contribution in [0.3, 0.4) is 0 Å². The van der Waals surface area contributed by atoms with Crippen LogP contribution in [0.1, 0.15) is 11.1 Å². The summed E-state index contributed by atoms with van der Waals surface area (Å²) in [5, 5.41) is 7.39.